The number of amides is 1. The largest absolute Gasteiger partial charge is 0.345 e. The molecule has 1 aliphatic heterocycles. The summed E-state index contributed by atoms with van der Waals surface area (Å²) in [6.07, 6.45) is 0. The zero-order chi connectivity index (χ0) is 19.1. The molecule has 0 radical (unpaired) electrons. The maximum absolute atomic E-state index is 12.1. The van der Waals surface area contributed by atoms with Crippen LogP contribution in [0.25, 0.3) is 11.3 Å². The number of benzene rings is 1. The van der Waals surface area contributed by atoms with Crippen molar-refractivity contribution in [3.63, 3.8) is 0 Å². The van der Waals surface area contributed by atoms with Crippen LogP contribution in [0, 0.1) is 17.2 Å². The van der Waals surface area contributed by atoms with E-state index < -0.39 is 0 Å². The molecule has 2 heterocycles. The topological polar surface area (TPSA) is 60.2 Å². The van der Waals surface area contributed by atoms with Crippen molar-refractivity contribution in [2.45, 2.75) is 27.7 Å². The number of hydrogen-bond acceptors (Lipinski definition) is 5. The maximum atomic E-state index is 12.1. The molecular weight excluding hydrogens is 344 g/mol. The predicted octanol–water partition coefficient (Wildman–Crippen LogP) is 4.01. The number of aromatic nitrogens is 1. The number of thiazole rings is 1. The van der Waals surface area contributed by atoms with Crippen LogP contribution in [0.1, 0.15) is 33.3 Å². The summed E-state index contributed by atoms with van der Waals surface area (Å²) in [7, 11) is 0. The molecule has 0 unspecified atom stereocenters. The molecule has 2 aromatic rings. The smallest absolute Gasteiger partial charge is 0.225 e. The van der Waals surface area contributed by atoms with Crippen molar-refractivity contribution in [1.29, 1.82) is 5.26 Å². The lowest BCUT2D eigenvalue weighted by molar-refractivity contribution is -0.134. The van der Waals surface area contributed by atoms with E-state index in [1.54, 1.807) is 17.4 Å². The summed E-state index contributed by atoms with van der Waals surface area (Å²) in [5.41, 5.74) is 2.50. The minimum atomic E-state index is 0.0513. The van der Waals surface area contributed by atoms with E-state index in [0.717, 1.165) is 42.6 Å². The first-order valence-corrected chi connectivity index (χ1v) is 9.96. The van der Waals surface area contributed by atoms with E-state index in [2.05, 4.69) is 11.0 Å². The average molecular weight is 371 g/mol. The number of nitriles is 1. The summed E-state index contributed by atoms with van der Waals surface area (Å²) in [6, 6.07) is 9.66. The Balaban J connectivity index is 0.00000117. The monoisotopic (exact) mass is 370 g/mol. The Morgan fingerprint density at radius 2 is 1.92 bits per heavy atom. The molecule has 1 aliphatic rings. The third-order valence-electron chi connectivity index (χ3n) is 4.14. The summed E-state index contributed by atoms with van der Waals surface area (Å²) >= 11 is 1.61. The van der Waals surface area contributed by atoms with Crippen LogP contribution in [0.5, 0.6) is 0 Å². The van der Waals surface area contributed by atoms with Crippen LogP contribution >= 0.6 is 11.3 Å². The Morgan fingerprint density at radius 3 is 2.54 bits per heavy atom. The quantitative estimate of drug-likeness (QED) is 0.819. The first-order valence-electron chi connectivity index (χ1n) is 9.08. The molecule has 26 heavy (non-hydrogen) atoms. The van der Waals surface area contributed by atoms with Gasteiger partial charge in [-0.1, -0.05) is 39.8 Å². The molecular formula is C20H26N4OS. The molecule has 0 bridgehead atoms. The van der Waals surface area contributed by atoms with E-state index in [0.29, 0.717) is 5.56 Å². The van der Waals surface area contributed by atoms with Crippen LogP contribution in [-0.2, 0) is 4.79 Å². The van der Waals surface area contributed by atoms with Crippen molar-refractivity contribution in [2.24, 2.45) is 5.92 Å². The fourth-order valence-corrected chi connectivity index (χ4v) is 3.66. The van der Waals surface area contributed by atoms with Gasteiger partial charge < -0.3 is 9.80 Å². The van der Waals surface area contributed by atoms with Crippen molar-refractivity contribution in [3.8, 4) is 17.3 Å². The number of piperazine rings is 1. The van der Waals surface area contributed by atoms with Crippen molar-refractivity contribution >= 4 is 22.4 Å². The lowest BCUT2D eigenvalue weighted by Crippen LogP contribution is -2.49. The normalized spacial score (nSPS) is 13.8. The summed E-state index contributed by atoms with van der Waals surface area (Å²) in [4.78, 5) is 20.9. The van der Waals surface area contributed by atoms with Gasteiger partial charge in [-0.05, 0) is 12.1 Å². The average Bonchev–Trinajstić information content (AvgIpc) is 3.19. The van der Waals surface area contributed by atoms with Gasteiger partial charge in [0.1, 0.15) is 0 Å². The Labute approximate surface area is 159 Å². The molecule has 0 spiro atoms. The van der Waals surface area contributed by atoms with Crippen LogP contribution in [0.15, 0.2) is 29.6 Å². The molecule has 5 nitrogen and oxygen atoms in total. The van der Waals surface area contributed by atoms with E-state index in [1.165, 1.54) is 0 Å². The van der Waals surface area contributed by atoms with Crippen LogP contribution < -0.4 is 4.90 Å². The van der Waals surface area contributed by atoms with Crippen molar-refractivity contribution in [2.75, 3.05) is 31.1 Å². The van der Waals surface area contributed by atoms with E-state index in [-0.39, 0.29) is 11.8 Å². The molecule has 0 N–H and O–H groups in total. The number of carbonyl (C=O) groups is 1. The number of nitrogens with zero attached hydrogens (tertiary/aromatic N) is 4. The SMILES string of the molecule is CC.CC(C)C(=O)N1CCN(c2nc(-c3cccc(C#N)c3)cs2)CC1. The molecule has 6 heteroatoms. The molecule has 0 aliphatic carbocycles. The van der Waals surface area contributed by atoms with Crippen molar-refractivity contribution < 1.29 is 4.79 Å². The molecule has 0 atom stereocenters. The highest BCUT2D eigenvalue weighted by Gasteiger charge is 2.24. The zero-order valence-corrected chi connectivity index (χ0v) is 16.7. The van der Waals surface area contributed by atoms with Crippen molar-refractivity contribution in [1.82, 2.24) is 9.88 Å². The first kappa shape index (κ1) is 19.9. The molecule has 1 aromatic carbocycles. The molecule has 138 valence electrons. The second-order valence-electron chi connectivity index (χ2n) is 6.17. The highest BCUT2D eigenvalue weighted by atomic mass is 32.1. The Bertz CT molecular complexity index is 770. The van der Waals surface area contributed by atoms with Gasteiger partial charge in [-0.3, -0.25) is 4.79 Å². The summed E-state index contributed by atoms with van der Waals surface area (Å²) in [6.45, 7) is 11.0. The van der Waals surface area contributed by atoms with Gasteiger partial charge in [0.25, 0.3) is 0 Å². The second-order valence-corrected chi connectivity index (χ2v) is 7.01. The first-order chi connectivity index (χ1) is 12.6. The maximum Gasteiger partial charge on any atom is 0.225 e. The highest BCUT2D eigenvalue weighted by molar-refractivity contribution is 7.14. The summed E-state index contributed by atoms with van der Waals surface area (Å²) in [5.74, 6) is 0.276. The fourth-order valence-electron chi connectivity index (χ4n) is 2.77. The molecule has 1 saturated heterocycles. The summed E-state index contributed by atoms with van der Waals surface area (Å²) in [5, 5.41) is 12.0. The molecule has 1 amide bonds. The minimum Gasteiger partial charge on any atom is -0.345 e. The zero-order valence-electron chi connectivity index (χ0n) is 15.9. The van der Waals surface area contributed by atoms with E-state index >= 15 is 0 Å². The third-order valence-corrected chi connectivity index (χ3v) is 5.04. The minimum absolute atomic E-state index is 0.0513. The predicted molar refractivity (Wildman–Crippen MR) is 107 cm³/mol. The Kier molecular flexibility index (Phi) is 7.16. The Morgan fingerprint density at radius 1 is 1.23 bits per heavy atom. The Hall–Kier alpha value is -2.39. The van der Waals surface area contributed by atoms with Gasteiger partial charge in [0.15, 0.2) is 5.13 Å². The summed E-state index contributed by atoms with van der Waals surface area (Å²) < 4.78 is 0. The van der Waals surface area contributed by atoms with Gasteiger partial charge >= 0.3 is 0 Å². The molecule has 3 rings (SSSR count). The number of anilines is 1. The van der Waals surface area contributed by atoms with E-state index in [9.17, 15) is 4.79 Å². The molecule has 0 saturated carbocycles. The van der Waals surface area contributed by atoms with Crippen LogP contribution in [0.4, 0.5) is 5.13 Å². The van der Waals surface area contributed by atoms with Gasteiger partial charge in [-0.25, -0.2) is 4.98 Å². The van der Waals surface area contributed by atoms with Gasteiger partial charge in [0.05, 0.1) is 17.3 Å². The van der Waals surface area contributed by atoms with Gasteiger partial charge in [0.2, 0.25) is 5.91 Å². The van der Waals surface area contributed by atoms with Gasteiger partial charge in [-0.15, -0.1) is 11.3 Å². The molecule has 1 aromatic heterocycles. The second kappa shape index (κ2) is 9.35. The lowest BCUT2D eigenvalue weighted by atomic mass is 10.1. The van der Waals surface area contributed by atoms with Crippen LogP contribution in [-0.4, -0.2) is 42.0 Å². The van der Waals surface area contributed by atoms with Gasteiger partial charge in [0, 0.05) is 43.0 Å². The van der Waals surface area contributed by atoms with Crippen LogP contribution in [0.3, 0.4) is 0 Å². The lowest BCUT2D eigenvalue weighted by Gasteiger charge is -2.35. The number of rotatable bonds is 3. The standard InChI is InChI=1S/C18H20N4OS.C2H6/c1-13(2)17(23)21-6-8-22(9-7-21)18-20-16(12-24-18)15-5-3-4-14(10-15)11-19;1-2/h3-5,10,12-13H,6-9H2,1-2H3;1-2H3. The molecule has 1 fully saturated rings. The third kappa shape index (κ3) is 4.61. The van der Waals surface area contributed by atoms with Gasteiger partial charge in [-0.2, -0.15) is 5.26 Å². The van der Waals surface area contributed by atoms with E-state index in [4.69, 9.17) is 10.2 Å². The number of hydrogen-bond donors (Lipinski definition) is 0. The van der Waals surface area contributed by atoms with E-state index in [1.807, 2.05) is 56.2 Å². The fraction of sp³-hybridized carbons (Fsp3) is 0.450. The van der Waals surface area contributed by atoms with Crippen LogP contribution in [0.2, 0.25) is 0 Å². The van der Waals surface area contributed by atoms with Crippen molar-refractivity contribution in [3.05, 3.63) is 35.2 Å². The highest BCUT2D eigenvalue weighted by Crippen LogP contribution is 2.28. The number of carbonyl (C=O) groups excluding carboxylic acids is 1.